The average Bonchev–Trinajstić information content (AvgIpc) is 2.27. The van der Waals surface area contributed by atoms with Gasteiger partial charge in [-0.25, -0.2) is 4.98 Å². The maximum absolute atomic E-state index is 5.51. The molecule has 0 saturated carbocycles. The number of fused-ring (bicyclic) bond motifs is 2. The van der Waals surface area contributed by atoms with Crippen LogP contribution in [0.2, 0.25) is 0 Å². The van der Waals surface area contributed by atoms with Gasteiger partial charge in [-0.1, -0.05) is 12.2 Å². The highest BCUT2D eigenvalue weighted by atomic mass is 32.1. The Morgan fingerprint density at radius 3 is 2.69 bits per heavy atom. The normalized spacial score (nSPS) is 14.1. The fourth-order valence-corrected chi connectivity index (χ4v) is 2.11. The van der Waals surface area contributed by atoms with Crippen molar-refractivity contribution in [3.8, 4) is 11.5 Å². The summed E-state index contributed by atoms with van der Waals surface area (Å²) in [6, 6.07) is 3.80. The smallest absolute Gasteiger partial charge is 0.163 e. The van der Waals surface area contributed by atoms with Gasteiger partial charge in [0.2, 0.25) is 0 Å². The van der Waals surface area contributed by atoms with Gasteiger partial charge in [0.25, 0.3) is 0 Å². The van der Waals surface area contributed by atoms with Crippen molar-refractivity contribution in [2.24, 2.45) is 0 Å². The number of aromatic nitrogens is 2. The van der Waals surface area contributed by atoms with Gasteiger partial charge in [-0.3, -0.25) is 0 Å². The highest BCUT2D eigenvalue weighted by Crippen LogP contribution is 2.33. The highest BCUT2D eigenvalue weighted by Gasteiger charge is 2.13. The standard InChI is InChI=1S/C11H10N2O2S/c1-6-12-8-5-10-9(14-2-3-15-10)4-7(8)11(16)13-6/h4-5H,2-3H2,1H3,(H,12,13,16). The van der Waals surface area contributed by atoms with Gasteiger partial charge in [-0.2, -0.15) is 0 Å². The number of nitrogens with zero attached hydrogens (tertiary/aromatic N) is 1. The van der Waals surface area contributed by atoms with Gasteiger partial charge in [0.15, 0.2) is 11.5 Å². The molecule has 5 heteroatoms. The SMILES string of the molecule is Cc1nc(=S)c2cc3c(cc2[nH]1)OCCO3. The molecule has 0 atom stereocenters. The molecule has 0 unspecified atom stereocenters. The van der Waals surface area contributed by atoms with Crippen molar-refractivity contribution in [1.29, 1.82) is 0 Å². The predicted molar refractivity (Wildman–Crippen MR) is 62.7 cm³/mol. The van der Waals surface area contributed by atoms with E-state index in [1.807, 2.05) is 19.1 Å². The second-order valence-electron chi connectivity index (χ2n) is 3.67. The predicted octanol–water partition coefficient (Wildman–Crippen LogP) is 2.37. The molecule has 82 valence electrons. The van der Waals surface area contributed by atoms with Crippen LogP contribution in [0.1, 0.15) is 5.82 Å². The molecule has 0 spiro atoms. The van der Waals surface area contributed by atoms with Crippen LogP contribution in [-0.2, 0) is 0 Å². The van der Waals surface area contributed by atoms with Crippen LogP contribution in [-0.4, -0.2) is 23.2 Å². The lowest BCUT2D eigenvalue weighted by Crippen LogP contribution is -2.15. The molecule has 1 aromatic heterocycles. The van der Waals surface area contributed by atoms with Crippen LogP contribution >= 0.6 is 12.2 Å². The zero-order valence-electron chi connectivity index (χ0n) is 8.74. The van der Waals surface area contributed by atoms with E-state index in [2.05, 4.69) is 9.97 Å². The van der Waals surface area contributed by atoms with Crippen LogP contribution in [0.4, 0.5) is 0 Å². The van der Waals surface area contributed by atoms with E-state index in [1.165, 1.54) is 0 Å². The average molecular weight is 234 g/mol. The van der Waals surface area contributed by atoms with Gasteiger partial charge in [0.1, 0.15) is 23.7 Å². The highest BCUT2D eigenvalue weighted by molar-refractivity contribution is 7.71. The molecule has 4 nitrogen and oxygen atoms in total. The van der Waals surface area contributed by atoms with Crippen molar-refractivity contribution in [2.45, 2.75) is 6.92 Å². The number of aromatic amines is 1. The number of aryl methyl sites for hydroxylation is 1. The zero-order chi connectivity index (χ0) is 11.1. The number of hydrogen-bond acceptors (Lipinski definition) is 4. The Kier molecular flexibility index (Phi) is 2.07. The van der Waals surface area contributed by atoms with Gasteiger partial charge in [0.05, 0.1) is 5.52 Å². The number of hydrogen-bond donors (Lipinski definition) is 1. The summed E-state index contributed by atoms with van der Waals surface area (Å²) in [6.07, 6.45) is 0. The summed E-state index contributed by atoms with van der Waals surface area (Å²) in [5.41, 5.74) is 0.932. The maximum Gasteiger partial charge on any atom is 0.163 e. The second-order valence-corrected chi connectivity index (χ2v) is 4.06. The first-order chi connectivity index (χ1) is 7.74. The van der Waals surface area contributed by atoms with Crippen molar-refractivity contribution < 1.29 is 9.47 Å². The topological polar surface area (TPSA) is 47.1 Å². The molecule has 2 aromatic rings. The number of rotatable bonds is 0. The summed E-state index contributed by atoms with van der Waals surface area (Å²) in [7, 11) is 0. The minimum Gasteiger partial charge on any atom is -0.486 e. The molecule has 1 aromatic carbocycles. The molecule has 0 amide bonds. The Morgan fingerprint density at radius 2 is 1.94 bits per heavy atom. The van der Waals surface area contributed by atoms with Gasteiger partial charge in [-0.05, 0) is 13.0 Å². The molecule has 2 heterocycles. The van der Waals surface area contributed by atoms with E-state index < -0.39 is 0 Å². The second kappa shape index (κ2) is 3.45. The van der Waals surface area contributed by atoms with Gasteiger partial charge < -0.3 is 14.5 Å². The first kappa shape index (κ1) is 9.59. The first-order valence-corrected chi connectivity index (χ1v) is 5.45. The minimum atomic E-state index is 0.578. The molecule has 0 saturated heterocycles. The largest absolute Gasteiger partial charge is 0.486 e. The zero-order valence-corrected chi connectivity index (χ0v) is 9.56. The van der Waals surface area contributed by atoms with Gasteiger partial charge >= 0.3 is 0 Å². The van der Waals surface area contributed by atoms with Crippen molar-refractivity contribution in [2.75, 3.05) is 13.2 Å². The van der Waals surface area contributed by atoms with Crippen LogP contribution in [0.15, 0.2) is 12.1 Å². The first-order valence-electron chi connectivity index (χ1n) is 5.04. The van der Waals surface area contributed by atoms with Crippen molar-refractivity contribution in [1.82, 2.24) is 9.97 Å². The van der Waals surface area contributed by atoms with E-state index in [0.29, 0.717) is 17.9 Å². The monoisotopic (exact) mass is 234 g/mol. The summed E-state index contributed by atoms with van der Waals surface area (Å²) < 4.78 is 11.6. The third-order valence-corrected chi connectivity index (χ3v) is 2.81. The molecule has 0 fully saturated rings. The van der Waals surface area contributed by atoms with Crippen LogP contribution < -0.4 is 9.47 Å². The molecule has 0 aliphatic carbocycles. The Hall–Kier alpha value is -1.62. The van der Waals surface area contributed by atoms with E-state index in [9.17, 15) is 0 Å². The van der Waals surface area contributed by atoms with Crippen molar-refractivity contribution in [3.05, 3.63) is 22.6 Å². The maximum atomic E-state index is 5.51. The molecule has 1 aliphatic heterocycles. The van der Waals surface area contributed by atoms with Crippen LogP contribution in [0.3, 0.4) is 0 Å². The van der Waals surface area contributed by atoms with Crippen molar-refractivity contribution >= 4 is 23.1 Å². The Labute approximate surface area is 97.2 Å². The van der Waals surface area contributed by atoms with Crippen LogP contribution in [0, 0.1) is 11.6 Å². The summed E-state index contributed by atoms with van der Waals surface area (Å²) >= 11 is 5.22. The number of H-pyrrole nitrogens is 1. The summed E-state index contributed by atoms with van der Waals surface area (Å²) in [5, 5.41) is 0.893. The molecule has 1 N–H and O–H groups in total. The lowest BCUT2D eigenvalue weighted by atomic mass is 10.2. The Bertz CT molecular complexity index is 621. The summed E-state index contributed by atoms with van der Waals surface area (Å²) in [6.45, 7) is 3.05. The summed E-state index contributed by atoms with van der Waals surface area (Å²) in [5.74, 6) is 2.30. The van der Waals surface area contributed by atoms with E-state index >= 15 is 0 Å². The summed E-state index contributed by atoms with van der Waals surface area (Å²) in [4.78, 5) is 7.38. The van der Waals surface area contributed by atoms with Crippen LogP contribution in [0.5, 0.6) is 11.5 Å². The molecular weight excluding hydrogens is 224 g/mol. The number of benzene rings is 1. The van der Waals surface area contributed by atoms with Crippen LogP contribution in [0.25, 0.3) is 10.9 Å². The fraction of sp³-hybridized carbons (Fsp3) is 0.273. The molecule has 0 radical (unpaired) electrons. The van der Waals surface area contributed by atoms with E-state index in [4.69, 9.17) is 21.7 Å². The van der Waals surface area contributed by atoms with Gasteiger partial charge in [-0.15, -0.1) is 0 Å². The Balaban J connectivity index is 2.35. The molecular formula is C11H10N2O2S. The number of nitrogens with one attached hydrogen (secondary N) is 1. The molecule has 3 rings (SSSR count). The Morgan fingerprint density at radius 1 is 1.25 bits per heavy atom. The third kappa shape index (κ3) is 1.44. The quantitative estimate of drug-likeness (QED) is 0.711. The fourth-order valence-electron chi connectivity index (χ4n) is 1.80. The molecule has 1 aliphatic rings. The number of ether oxygens (including phenoxy) is 2. The molecule has 0 bridgehead atoms. The lowest BCUT2D eigenvalue weighted by molar-refractivity contribution is 0.172. The molecule has 16 heavy (non-hydrogen) atoms. The minimum absolute atomic E-state index is 0.578. The van der Waals surface area contributed by atoms with Crippen molar-refractivity contribution in [3.63, 3.8) is 0 Å². The van der Waals surface area contributed by atoms with E-state index in [0.717, 1.165) is 28.2 Å². The van der Waals surface area contributed by atoms with E-state index in [-0.39, 0.29) is 0 Å². The van der Waals surface area contributed by atoms with E-state index in [1.54, 1.807) is 0 Å². The lowest BCUT2D eigenvalue weighted by Gasteiger charge is -2.18. The third-order valence-electron chi connectivity index (χ3n) is 2.50. The van der Waals surface area contributed by atoms with Gasteiger partial charge in [0, 0.05) is 11.5 Å².